The van der Waals surface area contributed by atoms with Crippen LogP contribution in [0.15, 0.2) is 55.2 Å². The van der Waals surface area contributed by atoms with Crippen LogP contribution in [-0.2, 0) is 10.0 Å². The van der Waals surface area contributed by atoms with Crippen LogP contribution in [0.5, 0.6) is 0 Å². The number of benzene rings is 1. The first-order valence-corrected chi connectivity index (χ1v) is 7.39. The molecular weight excluding hydrogens is 312 g/mol. The number of amidine groups is 1. The van der Waals surface area contributed by atoms with Gasteiger partial charge in [0.15, 0.2) is 11.6 Å². The van der Waals surface area contributed by atoms with Crippen molar-refractivity contribution in [3.63, 3.8) is 0 Å². The van der Waals surface area contributed by atoms with E-state index in [1.807, 2.05) is 0 Å². The first-order chi connectivity index (χ1) is 10.5. The Balaban J connectivity index is 1.80. The molecule has 0 spiro atoms. The minimum Gasteiger partial charge on any atom is -0.400 e. The van der Waals surface area contributed by atoms with Crippen molar-refractivity contribution in [2.75, 3.05) is 0 Å². The van der Waals surface area contributed by atoms with Crippen LogP contribution in [0.4, 0.5) is 5.88 Å². The van der Waals surface area contributed by atoms with Crippen molar-refractivity contribution in [2.45, 2.75) is 4.90 Å². The smallest absolute Gasteiger partial charge is 0.400 e. The van der Waals surface area contributed by atoms with Crippen molar-refractivity contribution in [2.24, 2.45) is 9.50 Å². The summed E-state index contributed by atoms with van der Waals surface area (Å²) in [5, 5.41) is 14.2. The van der Waals surface area contributed by atoms with Gasteiger partial charge in [0, 0.05) is 5.56 Å². The second kappa shape index (κ2) is 5.07. The third-order valence-electron chi connectivity index (χ3n) is 2.79. The summed E-state index contributed by atoms with van der Waals surface area (Å²) in [6.07, 6.45) is 1.18. The molecule has 0 saturated heterocycles. The summed E-state index contributed by atoms with van der Waals surface area (Å²) in [5.74, 6) is -0.186. The third-order valence-corrected chi connectivity index (χ3v) is 4.12. The number of furan rings is 1. The molecule has 112 valence electrons. The van der Waals surface area contributed by atoms with Crippen LogP contribution in [0.3, 0.4) is 0 Å². The lowest BCUT2D eigenvalue weighted by atomic mass is 10.2. The van der Waals surface area contributed by atoms with Crippen LogP contribution in [0.1, 0.15) is 11.3 Å². The third kappa shape index (κ3) is 2.46. The number of nitrogens with one attached hydrogen (secondary N) is 1. The lowest BCUT2D eigenvalue weighted by Crippen LogP contribution is -2.17. The molecule has 9 nitrogen and oxygen atoms in total. The number of hydrazone groups is 1. The summed E-state index contributed by atoms with van der Waals surface area (Å²) in [6.45, 7) is 0. The number of hydrogen-bond donors (Lipinski definition) is 1. The van der Waals surface area contributed by atoms with Crippen molar-refractivity contribution < 1.29 is 17.8 Å². The van der Waals surface area contributed by atoms with E-state index in [1.165, 1.54) is 24.4 Å². The second-order valence-corrected chi connectivity index (χ2v) is 5.79. The van der Waals surface area contributed by atoms with Gasteiger partial charge in [-0.3, -0.25) is 15.5 Å². The minimum atomic E-state index is -3.72. The first-order valence-electron chi connectivity index (χ1n) is 5.95. The number of rotatable bonds is 3. The van der Waals surface area contributed by atoms with Gasteiger partial charge in [-0.25, -0.2) is 0 Å². The molecule has 0 radical (unpaired) electrons. The average Bonchev–Trinajstić information content (AvgIpc) is 3.04. The molecule has 0 atom stereocenters. The van der Waals surface area contributed by atoms with E-state index >= 15 is 0 Å². The Kier molecular flexibility index (Phi) is 3.22. The maximum atomic E-state index is 11.8. The fourth-order valence-corrected chi connectivity index (χ4v) is 3.02. The maximum Gasteiger partial charge on any atom is 0.433 e. The van der Waals surface area contributed by atoms with Crippen LogP contribution < -0.4 is 5.43 Å². The van der Waals surface area contributed by atoms with Gasteiger partial charge in [0.25, 0.3) is 10.0 Å². The Bertz CT molecular complexity index is 913. The van der Waals surface area contributed by atoms with E-state index in [-0.39, 0.29) is 16.5 Å². The molecule has 0 bridgehead atoms. The molecule has 22 heavy (non-hydrogen) atoms. The molecule has 1 aliphatic rings. The molecule has 0 aliphatic carbocycles. The van der Waals surface area contributed by atoms with Gasteiger partial charge < -0.3 is 4.42 Å². The predicted octanol–water partition coefficient (Wildman–Crippen LogP) is 1.26. The fourth-order valence-electron chi connectivity index (χ4n) is 1.85. The Morgan fingerprint density at radius 2 is 2.05 bits per heavy atom. The molecule has 1 N–H and O–H groups in total. The standard InChI is InChI=1S/C12H8N4O5S/c17-16(18)11-6-5-8(21-11)7-13-14-12-9-3-1-2-4-10(9)22(19,20)15-12/h1-7H,(H,14,15). The Labute approximate surface area is 124 Å². The fraction of sp³-hybridized carbons (Fsp3) is 0. The molecule has 1 aromatic carbocycles. The first kappa shape index (κ1) is 13.9. The average molecular weight is 320 g/mol. The highest BCUT2D eigenvalue weighted by molar-refractivity contribution is 7.90. The molecular formula is C12H8N4O5S. The monoisotopic (exact) mass is 320 g/mol. The number of fused-ring (bicyclic) bond motifs is 1. The number of sulfonamides is 1. The molecule has 0 fully saturated rings. The van der Waals surface area contributed by atoms with Crippen LogP contribution in [0.2, 0.25) is 0 Å². The molecule has 2 heterocycles. The highest BCUT2D eigenvalue weighted by atomic mass is 32.2. The van der Waals surface area contributed by atoms with Gasteiger partial charge in [0.1, 0.15) is 9.82 Å². The number of nitro groups is 1. The number of nitrogens with zero attached hydrogens (tertiary/aromatic N) is 3. The summed E-state index contributed by atoms with van der Waals surface area (Å²) in [5.41, 5.74) is 2.90. The largest absolute Gasteiger partial charge is 0.433 e. The Morgan fingerprint density at radius 1 is 1.27 bits per heavy atom. The topological polar surface area (TPSA) is 127 Å². The molecule has 3 rings (SSSR count). The van der Waals surface area contributed by atoms with Crippen LogP contribution in [0, 0.1) is 10.1 Å². The van der Waals surface area contributed by atoms with E-state index < -0.39 is 20.8 Å². The SMILES string of the molecule is O=[N+]([O-])c1ccc(C=NNC2=NS(=O)(=O)c3ccccc32)o1. The maximum absolute atomic E-state index is 11.8. The zero-order valence-electron chi connectivity index (χ0n) is 10.8. The molecule has 1 aromatic heterocycles. The summed E-state index contributed by atoms with van der Waals surface area (Å²) in [6, 6.07) is 8.87. The van der Waals surface area contributed by atoms with Crippen LogP contribution >= 0.6 is 0 Å². The van der Waals surface area contributed by atoms with E-state index in [0.29, 0.717) is 5.56 Å². The van der Waals surface area contributed by atoms with Gasteiger partial charge in [-0.1, -0.05) is 12.1 Å². The van der Waals surface area contributed by atoms with Crippen LogP contribution in [-0.4, -0.2) is 25.4 Å². The molecule has 0 unspecified atom stereocenters. The van der Waals surface area contributed by atoms with E-state index in [2.05, 4.69) is 14.9 Å². The van der Waals surface area contributed by atoms with Gasteiger partial charge >= 0.3 is 5.88 Å². The molecule has 0 amide bonds. The molecule has 2 aromatic rings. The van der Waals surface area contributed by atoms with Crippen molar-refractivity contribution in [3.8, 4) is 0 Å². The summed E-state index contributed by atoms with van der Waals surface area (Å²) in [7, 11) is -3.72. The lowest BCUT2D eigenvalue weighted by molar-refractivity contribution is -0.402. The highest BCUT2D eigenvalue weighted by Crippen LogP contribution is 2.24. The van der Waals surface area contributed by atoms with Crippen molar-refractivity contribution in [1.82, 2.24) is 5.43 Å². The lowest BCUT2D eigenvalue weighted by Gasteiger charge is -1.99. The van der Waals surface area contributed by atoms with Crippen molar-refractivity contribution in [3.05, 3.63) is 57.8 Å². The van der Waals surface area contributed by atoms with Gasteiger partial charge in [0.2, 0.25) is 0 Å². The minimum absolute atomic E-state index is 0.0768. The van der Waals surface area contributed by atoms with E-state index in [4.69, 9.17) is 4.42 Å². The van der Waals surface area contributed by atoms with Gasteiger partial charge in [-0.2, -0.15) is 13.5 Å². The van der Waals surface area contributed by atoms with Gasteiger partial charge in [0.05, 0.1) is 12.3 Å². The number of hydrogen-bond acceptors (Lipinski definition) is 7. The van der Waals surface area contributed by atoms with E-state index in [0.717, 1.165) is 0 Å². The van der Waals surface area contributed by atoms with Crippen molar-refractivity contribution >= 4 is 28.0 Å². The molecule has 0 saturated carbocycles. The summed E-state index contributed by atoms with van der Waals surface area (Å²) in [4.78, 5) is 9.90. The predicted molar refractivity (Wildman–Crippen MR) is 76.3 cm³/mol. The van der Waals surface area contributed by atoms with E-state index in [9.17, 15) is 18.5 Å². The summed E-state index contributed by atoms with van der Waals surface area (Å²) < 4.78 is 32.1. The summed E-state index contributed by atoms with van der Waals surface area (Å²) >= 11 is 0. The zero-order valence-corrected chi connectivity index (χ0v) is 11.6. The van der Waals surface area contributed by atoms with Crippen molar-refractivity contribution in [1.29, 1.82) is 0 Å². The zero-order chi connectivity index (χ0) is 15.7. The quantitative estimate of drug-likeness (QED) is 0.515. The normalized spacial score (nSPS) is 15.5. The Hall–Kier alpha value is -3.01. The van der Waals surface area contributed by atoms with E-state index in [1.54, 1.807) is 18.2 Å². The van der Waals surface area contributed by atoms with Gasteiger partial charge in [-0.05, 0) is 18.2 Å². The van der Waals surface area contributed by atoms with Gasteiger partial charge in [-0.15, -0.1) is 4.40 Å². The second-order valence-electron chi connectivity index (χ2n) is 4.21. The molecule has 1 aliphatic heterocycles. The Morgan fingerprint density at radius 3 is 2.77 bits per heavy atom. The highest BCUT2D eigenvalue weighted by Gasteiger charge is 2.28. The molecule has 10 heteroatoms. The van der Waals surface area contributed by atoms with Crippen LogP contribution in [0.25, 0.3) is 0 Å².